The van der Waals surface area contributed by atoms with Crippen LogP contribution in [-0.2, 0) is 17.9 Å². The molecule has 0 unspecified atom stereocenters. The van der Waals surface area contributed by atoms with Gasteiger partial charge in [-0.05, 0) is 25.1 Å². The first-order valence-electron chi connectivity index (χ1n) is 7.10. The Hall–Kier alpha value is -2.34. The largest absolute Gasteiger partial charge is 0.309 e. The highest BCUT2D eigenvalue weighted by Gasteiger charge is 2.08. The Labute approximate surface area is 132 Å². The van der Waals surface area contributed by atoms with Crippen molar-refractivity contribution in [3.63, 3.8) is 0 Å². The number of rotatable bonds is 5. The van der Waals surface area contributed by atoms with Gasteiger partial charge in [-0.15, -0.1) is 0 Å². The highest BCUT2D eigenvalue weighted by atomic mass is 35.5. The molecule has 0 radical (unpaired) electrons. The summed E-state index contributed by atoms with van der Waals surface area (Å²) in [6, 6.07) is 7.37. The van der Waals surface area contributed by atoms with Gasteiger partial charge in [0.05, 0.1) is 18.3 Å². The Morgan fingerprint density at radius 2 is 2.23 bits per heavy atom. The van der Waals surface area contributed by atoms with E-state index < -0.39 is 0 Å². The molecule has 1 N–H and O–H groups in total. The van der Waals surface area contributed by atoms with Crippen molar-refractivity contribution in [3.05, 3.63) is 41.7 Å². The van der Waals surface area contributed by atoms with Crippen molar-refractivity contribution in [1.82, 2.24) is 19.6 Å². The number of carbonyl (C=O) groups excluding carboxylic acids is 1. The maximum absolute atomic E-state index is 12.0. The quantitative estimate of drug-likeness (QED) is 0.787. The third-order valence-corrected chi connectivity index (χ3v) is 3.62. The lowest BCUT2D eigenvalue weighted by Gasteiger charge is -2.04. The first kappa shape index (κ1) is 14.6. The maximum Gasteiger partial charge on any atom is 0.227 e. The Balaban J connectivity index is 1.62. The van der Waals surface area contributed by atoms with Gasteiger partial charge >= 0.3 is 0 Å². The molecule has 0 spiro atoms. The molecule has 7 heteroatoms. The van der Waals surface area contributed by atoms with Crippen molar-refractivity contribution in [2.45, 2.75) is 26.4 Å². The standard InChI is InChI=1S/C15H16ClN5O/c1-2-20-7-5-14(19-20)18-15(22)6-8-21-13-4-3-12(16)9-11(13)10-17-21/h3-5,7,9-10H,2,6,8H2,1H3,(H,18,19,22). The first-order chi connectivity index (χ1) is 10.7. The van der Waals surface area contributed by atoms with Gasteiger partial charge in [-0.25, -0.2) is 0 Å². The second-order valence-corrected chi connectivity index (χ2v) is 5.36. The van der Waals surface area contributed by atoms with Crippen LogP contribution >= 0.6 is 11.6 Å². The van der Waals surface area contributed by atoms with Crippen LogP contribution in [0, 0.1) is 0 Å². The summed E-state index contributed by atoms with van der Waals surface area (Å²) in [5.74, 6) is 0.489. The van der Waals surface area contributed by atoms with E-state index in [1.54, 1.807) is 21.6 Å². The molecule has 0 fully saturated rings. The van der Waals surface area contributed by atoms with Crippen LogP contribution in [0.5, 0.6) is 0 Å². The summed E-state index contributed by atoms with van der Waals surface area (Å²) >= 11 is 5.95. The van der Waals surface area contributed by atoms with E-state index in [0.717, 1.165) is 17.4 Å². The topological polar surface area (TPSA) is 64.7 Å². The van der Waals surface area contributed by atoms with Crippen molar-refractivity contribution in [2.75, 3.05) is 5.32 Å². The summed E-state index contributed by atoms with van der Waals surface area (Å²) in [5.41, 5.74) is 0.965. The molecule has 3 aromatic rings. The summed E-state index contributed by atoms with van der Waals surface area (Å²) in [7, 11) is 0. The van der Waals surface area contributed by atoms with E-state index in [2.05, 4.69) is 15.5 Å². The van der Waals surface area contributed by atoms with E-state index in [1.807, 2.05) is 31.3 Å². The number of nitrogens with zero attached hydrogens (tertiary/aromatic N) is 4. The predicted octanol–water partition coefficient (Wildman–Crippen LogP) is 2.93. The van der Waals surface area contributed by atoms with Gasteiger partial charge in [0.25, 0.3) is 0 Å². The molecule has 0 saturated heterocycles. The van der Waals surface area contributed by atoms with Gasteiger partial charge < -0.3 is 5.32 Å². The zero-order valence-corrected chi connectivity index (χ0v) is 12.9. The molecule has 0 bridgehead atoms. The Morgan fingerprint density at radius 3 is 3.00 bits per heavy atom. The summed E-state index contributed by atoms with van der Waals surface area (Å²) in [6.07, 6.45) is 3.92. The molecule has 1 aromatic carbocycles. The van der Waals surface area contributed by atoms with Crippen molar-refractivity contribution >= 4 is 34.2 Å². The van der Waals surface area contributed by atoms with Gasteiger partial charge in [-0.3, -0.25) is 14.2 Å². The normalized spacial score (nSPS) is 11.0. The van der Waals surface area contributed by atoms with Gasteiger partial charge in [-0.1, -0.05) is 11.6 Å². The number of hydrogen-bond donors (Lipinski definition) is 1. The van der Waals surface area contributed by atoms with Crippen LogP contribution < -0.4 is 5.32 Å². The molecule has 0 aliphatic heterocycles. The highest BCUT2D eigenvalue weighted by Crippen LogP contribution is 2.19. The lowest BCUT2D eigenvalue weighted by molar-refractivity contribution is -0.116. The van der Waals surface area contributed by atoms with Crippen LogP contribution in [0.25, 0.3) is 10.9 Å². The van der Waals surface area contributed by atoms with E-state index in [-0.39, 0.29) is 5.91 Å². The number of hydrogen-bond acceptors (Lipinski definition) is 3. The summed E-state index contributed by atoms with van der Waals surface area (Å²) in [4.78, 5) is 12.0. The zero-order valence-electron chi connectivity index (χ0n) is 12.2. The average Bonchev–Trinajstić information content (AvgIpc) is 3.11. The second-order valence-electron chi connectivity index (χ2n) is 4.93. The minimum Gasteiger partial charge on any atom is -0.309 e. The Kier molecular flexibility index (Phi) is 4.11. The summed E-state index contributed by atoms with van der Waals surface area (Å²) in [5, 5.41) is 12.9. The lowest BCUT2D eigenvalue weighted by atomic mass is 10.2. The van der Waals surface area contributed by atoms with Crippen molar-refractivity contribution < 1.29 is 4.79 Å². The fourth-order valence-corrected chi connectivity index (χ4v) is 2.43. The maximum atomic E-state index is 12.0. The smallest absolute Gasteiger partial charge is 0.227 e. The average molecular weight is 318 g/mol. The van der Waals surface area contributed by atoms with Gasteiger partial charge in [0.1, 0.15) is 0 Å². The van der Waals surface area contributed by atoms with Crippen LogP contribution in [0.4, 0.5) is 5.82 Å². The number of anilines is 1. The number of nitrogens with one attached hydrogen (secondary N) is 1. The molecule has 22 heavy (non-hydrogen) atoms. The van der Waals surface area contributed by atoms with Crippen molar-refractivity contribution in [3.8, 4) is 0 Å². The summed E-state index contributed by atoms with van der Waals surface area (Å²) < 4.78 is 3.57. The number of aryl methyl sites for hydroxylation is 2. The Morgan fingerprint density at radius 1 is 1.36 bits per heavy atom. The van der Waals surface area contributed by atoms with E-state index in [9.17, 15) is 4.79 Å². The van der Waals surface area contributed by atoms with E-state index in [1.165, 1.54) is 0 Å². The van der Waals surface area contributed by atoms with Crippen molar-refractivity contribution in [1.29, 1.82) is 0 Å². The van der Waals surface area contributed by atoms with Crippen molar-refractivity contribution in [2.24, 2.45) is 0 Å². The van der Waals surface area contributed by atoms with Gasteiger partial charge in [-0.2, -0.15) is 10.2 Å². The molecule has 3 rings (SSSR count). The van der Waals surface area contributed by atoms with E-state index in [4.69, 9.17) is 11.6 Å². The number of benzene rings is 1. The lowest BCUT2D eigenvalue weighted by Crippen LogP contribution is -2.15. The molecule has 0 atom stereocenters. The number of halogens is 1. The fraction of sp³-hybridized carbons (Fsp3) is 0.267. The van der Waals surface area contributed by atoms with Crippen LogP contribution in [-0.4, -0.2) is 25.5 Å². The third-order valence-electron chi connectivity index (χ3n) is 3.39. The number of amides is 1. The number of carbonyl (C=O) groups is 1. The molecular weight excluding hydrogens is 302 g/mol. The predicted molar refractivity (Wildman–Crippen MR) is 85.9 cm³/mol. The monoisotopic (exact) mass is 317 g/mol. The molecule has 1 amide bonds. The molecule has 2 aromatic heterocycles. The van der Waals surface area contributed by atoms with Crippen LogP contribution in [0.15, 0.2) is 36.7 Å². The minimum atomic E-state index is -0.0843. The highest BCUT2D eigenvalue weighted by molar-refractivity contribution is 6.31. The Bertz CT molecular complexity index is 807. The van der Waals surface area contributed by atoms with Gasteiger partial charge in [0, 0.05) is 35.6 Å². The van der Waals surface area contributed by atoms with Crippen LogP contribution in [0.2, 0.25) is 5.02 Å². The minimum absolute atomic E-state index is 0.0843. The molecule has 0 aliphatic rings. The molecule has 6 nitrogen and oxygen atoms in total. The van der Waals surface area contributed by atoms with Gasteiger partial charge in [0.15, 0.2) is 5.82 Å². The molecular formula is C15H16ClN5O. The van der Waals surface area contributed by atoms with Crippen LogP contribution in [0.3, 0.4) is 0 Å². The third kappa shape index (κ3) is 3.12. The van der Waals surface area contributed by atoms with E-state index >= 15 is 0 Å². The first-order valence-corrected chi connectivity index (χ1v) is 7.48. The zero-order chi connectivity index (χ0) is 15.5. The molecule has 114 valence electrons. The van der Waals surface area contributed by atoms with Crippen LogP contribution in [0.1, 0.15) is 13.3 Å². The number of aromatic nitrogens is 4. The van der Waals surface area contributed by atoms with E-state index in [0.29, 0.717) is 23.8 Å². The number of fused-ring (bicyclic) bond motifs is 1. The fourth-order valence-electron chi connectivity index (χ4n) is 2.25. The van der Waals surface area contributed by atoms with Gasteiger partial charge in [0.2, 0.25) is 5.91 Å². The molecule has 2 heterocycles. The molecule has 0 saturated carbocycles. The summed E-state index contributed by atoms with van der Waals surface area (Å²) in [6.45, 7) is 3.27. The molecule has 0 aliphatic carbocycles. The second kappa shape index (κ2) is 6.19. The SMILES string of the molecule is CCn1ccc(NC(=O)CCn2ncc3cc(Cl)ccc32)n1.